The van der Waals surface area contributed by atoms with Crippen molar-refractivity contribution in [2.75, 3.05) is 11.9 Å². The van der Waals surface area contributed by atoms with Crippen molar-refractivity contribution < 1.29 is 0 Å². The van der Waals surface area contributed by atoms with E-state index in [4.69, 9.17) is 0 Å². The number of hydrogen-bond donors (Lipinski definition) is 1. The van der Waals surface area contributed by atoms with Gasteiger partial charge in [0.25, 0.3) is 0 Å². The van der Waals surface area contributed by atoms with Crippen LogP contribution in [0.2, 0.25) is 0 Å². The summed E-state index contributed by atoms with van der Waals surface area (Å²) in [4.78, 5) is 0. The number of anilines is 1. The van der Waals surface area contributed by atoms with Crippen LogP contribution in [0.25, 0.3) is 0 Å². The minimum atomic E-state index is 0.686. The zero-order chi connectivity index (χ0) is 9.84. The van der Waals surface area contributed by atoms with E-state index in [0.717, 1.165) is 6.54 Å². The molecule has 0 amide bonds. The zero-order valence-corrected chi connectivity index (χ0v) is 9.02. The average Bonchev–Trinajstić information content (AvgIpc) is 2.51. The minimum absolute atomic E-state index is 0.686. The van der Waals surface area contributed by atoms with Gasteiger partial charge >= 0.3 is 0 Å². The maximum absolute atomic E-state index is 3.39. The summed E-state index contributed by atoms with van der Waals surface area (Å²) in [5, 5.41) is 3.39. The van der Waals surface area contributed by atoms with Crippen LogP contribution in [-0.2, 0) is 0 Å². The van der Waals surface area contributed by atoms with Gasteiger partial charge in [-0.25, -0.2) is 0 Å². The summed E-state index contributed by atoms with van der Waals surface area (Å²) in [6.07, 6.45) is 0. The molecule has 1 heteroatoms. The Morgan fingerprint density at radius 2 is 2.00 bits per heavy atom. The van der Waals surface area contributed by atoms with E-state index in [0.29, 0.717) is 5.92 Å². The SMILES string of the molecule is CC.Cc1ccc2c(c1)NCC2C. The first-order valence-corrected chi connectivity index (χ1v) is 5.12. The Labute approximate surface area is 81.2 Å². The molecule has 0 spiro atoms. The zero-order valence-electron chi connectivity index (χ0n) is 9.02. The predicted octanol–water partition coefficient (Wildman–Crippen LogP) is 3.55. The molecule has 0 saturated carbocycles. The molecule has 2 rings (SSSR count). The Bertz CT molecular complexity index is 278. The van der Waals surface area contributed by atoms with Gasteiger partial charge in [-0.3, -0.25) is 0 Å². The minimum Gasteiger partial charge on any atom is -0.384 e. The first-order chi connectivity index (χ1) is 6.27. The highest BCUT2D eigenvalue weighted by Crippen LogP contribution is 2.31. The van der Waals surface area contributed by atoms with Crippen LogP contribution in [0.15, 0.2) is 18.2 Å². The summed E-state index contributed by atoms with van der Waals surface area (Å²) in [5.74, 6) is 0.686. The third-order valence-corrected chi connectivity index (χ3v) is 2.34. The number of fused-ring (bicyclic) bond motifs is 1. The van der Waals surface area contributed by atoms with E-state index in [-0.39, 0.29) is 0 Å². The van der Waals surface area contributed by atoms with Crippen LogP contribution >= 0.6 is 0 Å². The standard InChI is InChI=1S/C10H13N.C2H6/c1-7-3-4-9-8(2)6-11-10(9)5-7;1-2/h3-5,8,11H,6H2,1-2H3;1-2H3. The van der Waals surface area contributed by atoms with Gasteiger partial charge in [0.1, 0.15) is 0 Å². The second kappa shape index (κ2) is 4.31. The van der Waals surface area contributed by atoms with Crippen molar-refractivity contribution in [2.45, 2.75) is 33.6 Å². The van der Waals surface area contributed by atoms with Gasteiger partial charge in [0.05, 0.1) is 0 Å². The quantitative estimate of drug-likeness (QED) is 0.639. The van der Waals surface area contributed by atoms with Gasteiger partial charge in [-0.15, -0.1) is 0 Å². The highest BCUT2D eigenvalue weighted by Gasteiger charge is 2.16. The highest BCUT2D eigenvalue weighted by molar-refractivity contribution is 5.58. The van der Waals surface area contributed by atoms with E-state index in [9.17, 15) is 0 Å². The molecule has 0 aromatic heterocycles. The van der Waals surface area contributed by atoms with Crippen molar-refractivity contribution >= 4 is 5.69 Å². The van der Waals surface area contributed by atoms with Gasteiger partial charge in [0, 0.05) is 18.2 Å². The molecule has 0 aliphatic carbocycles. The lowest BCUT2D eigenvalue weighted by Gasteiger charge is -2.01. The molecule has 72 valence electrons. The van der Waals surface area contributed by atoms with Gasteiger partial charge in [-0.05, 0) is 24.1 Å². The Kier molecular flexibility index (Phi) is 3.35. The van der Waals surface area contributed by atoms with Crippen LogP contribution in [0.5, 0.6) is 0 Å². The molecule has 1 atom stereocenters. The molecule has 0 radical (unpaired) electrons. The molecule has 0 saturated heterocycles. The van der Waals surface area contributed by atoms with Crippen molar-refractivity contribution in [1.82, 2.24) is 0 Å². The average molecular weight is 177 g/mol. The van der Waals surface area contributed by atoms with Gasteiger partial charge in [0.15, 0.2) is 0 Å². The maximum atomic E-state index is 3.39. The van der Waals surface area contributed by atoms with Crippen LogP contribution in [0, 0.1) is 6.92 Å². The third-order valence-electron chi connectivity index (χ3n) is 2.34. The lowest BCUT2D eigenvalue weighted by Crippen LogP contribution is -1.95. The van der Waals surface area contributed by atoms with Gasteiger partial charge < -0.3 is 5.32 Å². The molecule has 1 aliphatic rings. The molecule has 1 N–H and O–H groups in total. The second-order valence-corrected chi connectivity index (χ2v) is 3.37. The lowest BCUT2D eigenvalue weighted by atomic mass is 10.0. The van der Waals surface area contributed by atoms with Crippen LogP contribution < -0.4 is 5.32 Å². The number of nitrogens with one attached hydrogen (secondary N) is 1. The lowest BCUT2D eigenvalue weighted by molar-refractivity contribution is 0.854. The molecular weight excluding hydrogens is 158 g/mol. The van der Waals surface area contributed by atoms with Gasteiger partial charge in [-0.1, -0.05) is 32.9 Å². The monoisotopic (exact) mass is 177 g/mol. The van der Waals surface area contributed by atoms with Crippen LogP contribution in [0.3, 0.4) is 0 Å². The molecule has 13 heavy (non-hydrogen) atoms. The van der Waals surface area contributed by atoms with E-state index in [1.807, 2.05) is 13.8 Å². The summed E-state index contributed by atoms with van der Waals surface area (Å²) in [7, 11) is 0. The molecule has 1 unspecified atom stereocenters. The number of hydrogen-bond acceptors (Lipinski definition) is 1. The largest absolute Gasteiger partial charge is 0.384 e. The smallest absolute Gasteiger partial charge is 0.0379 e. The first kappa shape index (κ1) is 10.1. The summed E-state index contributed by atoms with van der Waals surface area (Å²) >= 11 is 0. The van der Waals surface area contributed by atoms with Crippen molar-refractivity contribution in [3.8, 4) is 0 Å². The van der Waals surface area contributed by atoms with E-state index < -0.39 is 0 Å². The number of benzene rings is 1. The summed E-state index contributed by atoms with van der Waals surface area (Å²) in [5.41, 5.74) is 4.14. The van der Waals surface area contributed by atoms with E-state index >= 15 is 0 Å². The molecule has 1 aliphatic heterocycles. The molecule has 1 aromatic rings. The highest BCUT2D eigenvalue weighted by atomic mass is 14.9. The fourth-order valence-electron chi connectivity index (χ4n) is 1.63. The normalized spacial score (nSPS) is 18.3. The van der Waals surface area contributed by atoms with Crippen molar-refractivity contribution in [1.29, 1.82) is 0 Å². The molecule has 0 fully saturated rings. The predicted molar refractivity (Wildman–Crippen MR) is 59.4 cm³/mol. The Morgan fingerprint density at radius 1 is 1.31 bits per heavy atom. The van der Waals surface area contributed by atoms with Crippen molar-refractivity contribution in [3.05, 3.63) is 29.3 Å². The van der Waals surface area contributed by atoms with Gasteiger partial charge in [0.2, 0.25) is 0 Å². The fourth-order valence-corrected chi connectivity index (χ4v) is 1.63. The van der Waals surface area contributed by atoms with E-state index in [1.165, 1.54) is 16.8 Å². The summed E-state index contributed by atoms with van der Waals surface area (Å²) in [6.45, 7) is 9.48. The third kappa shape index (κ3) is 2.03. The summed E-state index contributed by atoms with van der Waals surface area (Å²) in [6, 6.07) is 6.64. The first-order valence-electron chi connectivity index (χ1n) is 5.12. The Balaban J connectivity index is 0.000000396. The maximum Gasteiger partial charge on any atom is 0.0379 e. The molecule has 1 aromatic carbocycles. The van der Waals surface area contributed by atoms with Crippen LogP contribution in [0.1, 0.15) is 37.8 Å². The molecule has 0 bridgehead atoms. The van der Waals surface area contributed by atoms with Gasteiger partial charge in [-0.2, -0.15) is 0 Å². The Morgan fingerprint density at radius 3 is 2.69 bits per heavy atom. The number of aryl methyl sites for hydroxylation is 1. The molecule has 1 heterocycles. The fraction of sp³-hybridized carbons (Fsp3) is 0.500. The molecular formula is C12H19N. The molecule has 1 nitrogen and oxygen atoms in total. The number of rotatable bonds is 0. The van der Waals surface area contributed by atoms with E-state index in [1.54, 1.807) is 0 Å². The van der Waals surface area contributed by atoms with Crippen molar-refractivity contribution in [3.63, 3.8) is 0 Å². The Hall–Kier alpha value is -0.980. The van der Waals surface area contributed by atoms with Crippen LogP contribution in [0.4, 0.5) is 5.69 Å². The van der Waals surface area contributed by atoms with Crippen molar-refractivity contribution in [2.24, 2.45) is 0 Å². The second-order valence-electron chi connectivity index (χ2n) is 3.37. The topological polar surface area (TPSA) is 12.0 Å². The summed E-state index contributed by atoms with van der Waals surface area (Å²) < 4.78 is 0. The van der Waals surface area contributed by atoms with E-state index in [2.05, 4.69) is 37.4 Å². The van der Waals surface area contributed by atoms with Crippen LogP contribution in [-0.4, -0.2) is 6.54 Å².